The Morgan fingerprint density at radius 3 is 1.03 bits per heavy atom. The number of aromatic nitrogens is 6. The fraction of sp³-hybridized carbons (Fsp3) is 0.333. The molecule has 0 atom stereocenters. The van der Waals surface area contributed by atoms with Gasteiger partial charge in [-0.2, -0.15) is 15.0 Å². The van der Waals surface area contributed by atoms with Gasteiger partial charge in [0, 0.05) is 74.2 Å². The molecule has 0 aliphatic carbocycles. The molecule has 6 aromatic rings. The van der Waals surface area contributed by atoms with Crippen LogP contribution in [-0.2, 0) is 19.3 Å². The Labute approximate surface area is 377 Å². The number of anilines is 6. The van der Waals surface area contributed by atoms with Gasteiger partial charge in [0.1, 0.15) is 37.3 Å². The molecule has 20 nitrogen and oxygen atoms in total. The highest BCUT2D eigenvalue weighted by molar-refractivity contribution is 5.56. The zero-order valence-corrected chi connectivity index (χ0v) is 37.5. The molecule has 3 heterocycles. The number of aryl methyl sites for hydroxylation is 2. The van der Waals surface area contributed by atoms with Gasteiger partial charge in [0.15, 0.2) is 34.5 Å². The molecule has 0 amide bonds. The van der Waals surface area contributed by atoms with Gasteiger partial charge in [-0.05, 0) is 65.9 Å². The Morgan fingerprint density at radius 1 is 0.431 bits per heavy atom. The van der Waals surface area contributed by atoms with Crippen LogP contribution >= 0.6 is 0 Å². The second-order valence-corrected chi connectivity index (χ2v) is 15.1. The van der Waals surface area contributed by atoms with Crippen molar-refractivity contribution in [2.75, 3.05) is 102 Å². The lowest BCUT2D eigenvalue weighted by Gasteiger charge is -2.24. The van der Waals surface area contributed by atoms with Gasteiger partial charge in [-0.3, -0.25) is 4.90 Å². The number of rotatable bonds is 22. The van der Waals surface area contributed by atoms with Crippen LogP contribution in [0.1, 0.15) is 44.5 Å². The number of benzene rings is 3. The highest BCUT2D eigenvalue weighted by atomic mass is 16.5. The van der Waals surface area contributed by atoms with Crippen molar-refractivity contribution in [3.8, 4) is 40.2 Å². The Hall–Kier alpha value is -7.74. The van der Waals surface area contributed by atoms with Crippen molar-refractivity contribution in [1.82, 2.24) is 34.8 Å². The van der Waals surface area contributed by atoms with Gasteiger partial charge in [0.2, 0.25) is 23.6 Å². The third-order valence-electron chi connectivity index (χ3n) is 10.5. The Kier molecular flexibility index (Phi) is 15.5. The average molecular weight is 892 g/mol. The highest BCUT2D eigenvalue weighted by Gasteiger charge is 2.19. The van der Waals surface area contributed by atoms with Gasteiger partial charge in [-0.1, -0.05) is 12.1 Å². The number of hydrogen-bond acceptors (Lipinski definition) is 20. The Bertz CT molecular complexity index is 2460. The quantitative estimate of drug-likeness (QED) is 0.0564. The first-order chi connectivity index (χ1) is 31.3. The minimum absolute atomic E-state index is 0.104. The standard InChI is InChI=1S/C45H57N13O7/c1-25-13-27(15-30-22-52-43(49)55-40(30)46)18-33(59-3)37(25)63-10-7-58(8-11-64-38-26(2)14-28(19-34(38)60-4)16-31-23-53-44(50)56-41(31)47)9-12-65-39-35(61-5)20-29(21-36(39)62-6)17-32-24-54-45(51)57-42(32)48/h13-14,18-24H,7-12,15-17H2,1-6H3,(H4,46,49,52,55)(H4,47,50,53,56)(H4,48,51,54,57). The molecule has 0 radical (unpaired) electrons. The summed E-state index contributed by atoms with van der Waals surface area (Å²) in [4.78, 5) is 26.7. The summed E-state index contributed by atoms with van der Waals surface area (Å²) in [7, 11) is 6.35. The Morgan fingerprint density at radius 2 is 0.723 bits per heavy atom. The van der Waals surface area contributed by atoms with Gasteiger partial charge in [0.05, 0.1) is 28.4 Å². The lowest BCUT2D eigenvalue weighted by Crippen LogP contribution is -2.35. The van der Waals surface area contributed by atoms with Crippen LogP contribution in [0.4, 0.5) is 35.3 Å². The second-order valence-electron chi connectivity index (χ2n) is 15.1. The van der Waals surface area contributed by atoms with Crippen LogP contribution in [0.25, 0.3) is 0 Å². The molecule has 0 aliphatic heterocycles. The fourth-order valence-corrected chi connectivity index (χ4v) is 7.22. The van der Waals surface area contributed by atoms with Crippen molar-refractivity contribution in [1.29, 1.82) is 0 Å². The molecule has 3 aromatic heterocycles. The lowest BCUT2D eigenvalue weighted by atomic mass is 10.0. The second kappa shape index (κ2) is 21.6. The van der Waals surface area contributed by atoms with Crippen LogP contribution in [-0.4, -0.2) is 103 Å². The van der Waals surface area contributed by atoms with E-state index < -0.39 is 0 Å². The minimum Gasteiger partial charge on any atom is -0.493 e. The third-order valence-corrected chi connectivity index (χ3v) is 10.5. The summed E-state index contributed by atoms with van der Waals surface area (Å²) in [6.45, 7) is 6.35. The molecule has 0 bridgehead atoms. The monoisotopic (exact) mass is 891 g/mol. The van der Waals surface area contributed by atoms with Crippen LogP contribution in [0.3, 0.4) is 0 Å². The molecule has 0 saturated heterocycles. The van der Waals surface area contributed by atoms with Crippen molar-refractivity contribution in [2.24, 2.45) is 0 Å². The third kappa shape index (κ3) is 12.0. The summed E-state index contributed by atoms with van der Waals surface area (Å²) in [5.74, 6) is 5.14. The van der Waals surface area contributed by atoms with E-state index in [1.54, 1.807) is 47.0 Å². The molecular weight excluding hydrogens is 835 g/mol. The van der Waals surface area contributed by atoms with Gasteiger partial charge in [-0.25, -0.2) is 15.0 Å². The van der Waals surface area contributed by atoms with Gasteiger partial charge in [-0.15, -0.1) is 0 Å². The number of nitrogen functional groups attached to an aromatic ring is 6. The SMILES string of the molecule is COc1cc(Cc2cnc(N)nc2N)cc(C)c1OCCN(CCOc1c(C)cc(Cc2cnc(N)nc2N)cc1OC)CCOc1c(OC)cc(Cc2cnc(N)nc2N)cc1OC. The first-order valence-corrected chi connectivity index (χ1v) is 20.6. The van der Waals surface area contributed by atoms with Crippen LogP contribution in [0, 0.1) is 13.8 Å². The molecule has 20 heteroatoms. The number of ether oxygens (including phenoxy) is 7. The van der Waals surface area contributed by atoms with Crippen molar-refractivity contribution in [3.63, 3.8) is 0 Å². The van der Waals surface area contributed by atoms with Gasteiger partial charge >= 0.3 is 0 Å². The molecule has 6 rings (SSSR count). The van der Waals surface area contributed by atoms with Crippen LogP contribution in [0.15, 0.2) is 55.0 Å². The molecule has 0 aliphatic rings. The van der Waals surface area contributed by atoms with E-state index in [0.717, 1.165) is 38.9 Å². The first kappa shape index (κ1) is 46.8. The first-order valence-electron chi connectivity index (χ1n) is 20.6. The molecule has 0 fully saturated rings. The molecule has 0 spiro atoms. The van der Waals surface area contributed by atoms with E-state index in [1.165, 1.54) is 0 Å². The topological polar surface area (TPSA) is 301 Å². The molecule has 0 unspecified atom stereocenters. The number of nitrogens with two attached hydrogens (primary N) is 6. The summed E-state index contributed by atoms with van der Waals surface area (Å²) < 4.78 is 42.4. The molecule has 65 heavy (non-hydrogen) atoms. The van der Waals surface area contributed by atoms with E-state index in [-0.39, 0.29) is 24.5 Å². The zero-order valence-electron chi connectivity index (χ0n) is 37.5. The molecule has 344 valence electrons. The number of hydrogen-bond donors (Lipinski definition) is 6. The summed E-state index contributed by atoms with van der Waals surface area (Å²) in [6, 6.07) is 11.6. The number of methoxy groups -OCH3 is 4. The van der Waals surface area contributed by atoms with Crippen molar-refractivity contribution >= 4 is 35.3 Å². The van der Waals surface area contributed by atoms with Gasteiger partial charge in [0.25, 0.3) is 0 Å². The minimum atomic E-state index is 0.104. The maximum atomic E-state index is 6.42. The van der Waals surface area contributed by atoms with Crippen molar-refractivity contribution in [3.05, 3.63) is 99.5 Å². The van der Waals surface area contributed by atoms with Gasteiger partial charge < -0.3 is 67.6 Å². The van der Waals surface area contributed by atoms with E-state index in [0.29, 0.717) is 115 Å². The lowest BCUT2D eigenvalue weighted by molar-refractivity contribution is 0.148. The number of nitrogens with zero attached hydrogens (tertiary/aromatic N) is 7. The van der Waals surface area contributed by atoms with E-state index in [4.69, 9.17) is 67.6 Å². The van der Waals surface area contributed by atoms with E-state index >= 15 is 0 Å². The molecule has 12 N–H and O–H groups in total. The molecular formula is C45H57N13O7. The normalized spacial score (nSPS) is 11.1. The van der Waals surface area contributed by atoms with Crippen LogP contribution < -0.4 is 67.6 Å². The average Bonchev–Trinajstić information content (AvgIpc) is 3.27. The van der Waals surface area contributed by atoms with E-state index in [9.17, 15) is 0 Å². The summed E-state index contributed by atoms with van der Waals surface area (Å²) in [6.07, 6.45) is 6.26. The maximum absolute atomic E-state index is 6.42. The summed E-state index contributed by atoms with van der Waals surface area (Å²) >= 11 is 0. The molecule has 3 aromatic carbocycles. The van der Waals surface area contributed by atoms with Crippen molar-refractivity contribution < 1.29 is 33.2 Å². The van der Waals surface area contributed by atoms with E-state index in [1.807, 2.05) is 50.2 Å². The predicted octanol–water partition coefficient (Wildman–Crippen LogP) is 3.81. The molecule has 0 saturated carbocycles. The summed E-state index contributed by atoms with van der Waals surface area (Å²) in [5, 5.41) is 0. The highest BCUT2D eigenvalue weighted by Crippen LogP contribution is 2.40. The van der Waals surface area contributed by atoms with E-state index in [2.05, 4.69) is 34.8 Å². The predicted molar refractivity (Wildman–Crippen MR) is 249 cm³/mol. The zero-order chi connectivity index (χ0) is 46.6. The Balaban J connectivity index is 1.17. The summed E-state index contributed by atoms with van der Waals surface area (Å²) in [5.41, 5.74) is 42.2. The maximum Gasteiger partial charge on any atom is 0.221 e. The van der Waals surface area contributed by atoms with Crippen LogP contribution in [0.5, 0.6) is 40.2 Å². The van der Waals surface area contributed by atoms with Crippen molar-refractivity contribution in [2.45, 2.75) is 33.1 Å². The smallest absolute Gasteiger partial charge is 0.221 e. The van der Waals surface area contributed by atoms with Crippen LogP contribution in [0.2, 0.25) is 0 Å². The fourth-order valence-electron chi connectivity index (χ4n) is 7.22. The largest absolute Gasteiger partial charge is 0.493 e.